The lowest BCUT2D eigenvalue weighted by Crippen LogP contribution is -2.73. The van der Waals surface area contributed by atoms with E-state index in [0.29, 0.717) is 0 Å². The highest BCUT2D eigenvalue weighted by Crippen LogP contribution is 2.49. The normalized spacial score (nSPS) is 18.6. The fourth-order valence-corrected chi connectivity index (χ4v) is 5.93. The monoisotopic (exact) mass is 500 g/mol. The maximum absolute atomic E-state index is 13.9. The summed E-state index contributed by atoms with van der Waals surface area (Å²) in [5.74, 6) is -1.81. The number of rotatable bonds is 8. The Bertz CT molecular complexity index is 1110. The molecule has 5 nitrogen and oxygen atoms in total. The summed E-state index contributed by atoms with van der Waals surface area (Å²) in [5, 5.41) is -0.0107. The van der Waals surface area contributed by atoms with Crippen LogP contribution in [0.3, 0.4) is 0 Å². The van der Waals surface area contributed by atoms with Crippen LogP contribution in [0.1, 0.15) is 37.5 Å². The molecule has 2 N–H and O–H groups in total. The highest BCUT2D eigenvalue weighted by Gasteiger charge is 2.60. The molecule has 1 aliphatic rings. The number of nitrogens with two attached hydrogens (primary N) is 1. The van der Waals surface area contributed by atoms with Crippen LogP contribution in [0.15, 0.2) is 91.0 Å². The van der Waals surface area contributed by atoms with Crippen LogP contribution >= 0.6 is 0 Å². The van der Waals surface area contributed by atoms with E-state index in [1.54, 1.807) is 0 Å². The molecular formula is C30H36N2O3Si. The van der Waals surface area contributed by atoms with Crippen molar-refractivity contribution in [2.45, 2.75) is 50.5 Å². The molecule has 3 aromatic carbocycles. The summed E-state index contributed by atoms with van der Waals surface area (Å²) in [5.41, 5.74) is 7.67. The minimum atomic E-state index is -2.15. The second-order valence-electron chi connectivity index (χ2n) is 11.0. The molecule has 0 saturated carbocycles. The molecule has 0 spiro atoms. The molecule has 1 fully saturated rings. The first kappa shape index (κ1) is 25.9. The van der Waals surface area contributed by atoms with Crippen LogP contribution in [0.25, 0.3) is 0 Å². The summed E-state index contributed by atoms with van der Waals surface area (Å²) in [6.45, 7) is 11.1. The average molecular weight is 501 g/mol. The van der Waals surface area contributed by atoms with Crippen LogP contribution < -0.4 is 5.73 Å². The lowest BCUT2D eigenvalue weighted by Gasteiger charge is -2.57. The van der Waals surface area contributed by atoms with E-state index in [1.165, 1.54) is 0 Å². The first-order valence-corrected chi connectivity index (χ1v) is 15.4. The van der Waals surface area contributed by atoms with E-state index in [9.17, 15) is 9.59 Å². The molecule has 3 aromatic rings. The number of carbonyl (C=O) groups is 2. The van der Waals surface area contributed by atoms with Gasteiger partial charge in [-0.3, -0.25) is 9.59 Å². The highest BCUT2D eigenvalue weighted by atomic mass is 28.4. The Morgan fingerprint density at radius 2 is 1.22 bits per heavy atom. The summed E-state index contributed by atoms with van der Waals surface area (Å²) in [7, 11) is -2.15. The Labute approximate surface area is 215 Å². The molecule has 0 aliphatic carbocycles. The van der Waals surface area contributed by atoms with Crippen molar-refractivity contribution in [3.63, 3.8) is 0 Å². The molecule has 1 saturated heterocycles. The van der Waals surface area contributed by atoms with Gasteiger partial charge in [-0.15, -0.1) is 0 Å². The standard InChI is InChI=1S/C30H36N2O3Si/c1-29(2,3)36(4,5)35-21-25-26(27(31)33)28(34)32(25)30(22-15-9-6-10-16-22,23-17-11-7-12-18-23)24-19-13-8-14-20-24/h6-20,25-26H,21H2,1-5H3,(H2,31,33)/t25-,26+/m0/s1. The quantitative estimate of drug-likeness (QED) is 0.197. The van der Waals surface area contributed by atoms with Gasteiger partial charge >= 0.3 is 0 Å². The summed E-state index contributed by atoms with van der Waals surface area (Å²) in [4.78, 5) is 28.3. The van der Waals surface area contributed by atoms with Crippen LogP contribution in [-0.4, -0.2) is 37.7 Å². The van der Waals surface area contributed by atoms with Crippen molar-refractivity contribution in [1.29, 1.82) is 0 Å². The Kier molecular flexibility index (Phi) is 6.95. The molecule has 1 aliphatic heterocycles. The third-order valence-corrected chi connectivity index (χ3v) is 12.4. The number of amides is 2. The van der Waals surface area contributed by atoms with Crippen LogP contribution in [0, 0.1) is 5.92 Å². The van der Waals surface area contributed by atoms with Gasteiger partial charge in [0, 0.05) is 0 Å². The number of nitrogens with zero attached hydrogens (tertiary/aromatic N) is 1. The summed E-state index contributed by atoms with van der Waals surface area (Å²) in [6, 6.07) is 29.5. The van der Waals surface area contributed by atoms with Crippen molar-refractivity contribution in [3.8, 4) is 0 Å². The second-order valence-corrected chi connectivity index (χ2v) is 15.8. The van der Waals surface area contributed by atoms with Crippen LogP contribution in [0.2, 0.25) is 18.1 Å². The fraction of sp³-hybridized carbons (Fsp3) is 0.333. The molecule has 188 valence electrons. The minimum Gasteiger partial charge on any atom is -0.415 e. The largest absolute Gasteiger partial charge is 0.415 e. The first-order valence-electron chi connectivity index (χ1n) is 12.4. The summed E-state index contributed by atoms with van der Waals surface area (Å²) in [6.07, 6.45) is 0. The Hall–Kier alpha value is -3.22. The summed E-state index contributed by atoms with van der Waals surface area (Å²) < 4.78 is 6.60. The zero-order chi connectivity index (χ0) is 26.1. The van der Waals surface area contributed by atoms with E-state index >= 15 is 0 Å². The Morgan fingerprint density at radius 3 is 1.56 bits per heavy atom. The van der Waals surface area contributed by atoms with Gasteiger partial charge in [0.1, 0.15) is 11.5 Å². The maximum Gasteiger partial charge on any atom is 0.238 e. The molecule has 6 heteroatoms. The lowest BCUT2D eigenvalue weighted by atomic mass is 9.70. The van der Waals surface area contributed by atoms with Gasteiger partial charge in [0.2, 0.25) is 11.8 Å². The van der Waals surface area contributed by atoms with E-state index < -0.39 is 31.7 Å². The minimum absolute atomic E-state index is 0.0107. The van der Waals surface area contributed by atoms with Gasteiger partial charge in [-0.1, -0.05) is 112 Å². The topological polar surface area (TPSA) is 72.6 Å². The predicted molar refractivity (Wildman–Crippen MR) is 146 cm³/mol. The second kappa shape index (κ2) is 9.68. The van der Waals surface area contributed by atoms with Crippen molar-refractivity contribution in [2.75, 3.05) is 6.61 Å². The predicted octanol–water partition coefficient (Wildman–Crippen LogP) is 5.31. The smallest absolute Gasteiger partial charge is 0.238 e. The number of hydrogen-bond donors (Lipinski definition) is 1. The van der Waals surface area contributed by atoms with Gasteiger partial charge in [0.15, 0.2) is 8.32 Å². The maximum atomic E-state index is 13.9. The van der Waals surface area contributed by atoms with Crippen LogP contribution in [0.5, 0.6) is 0 Å². The lowest BCUT2D eigenvalue weighted by molar-refractivity contribution is -0.171. The van der Waals surface area contributed by atoms with Crippen molar-refractivity contribution in [2.24, 2.45) is 11.7 Å². The van der Waals surface area contributed by atoms with Crippen molar-refractivity contribution in [3.05, 3.63) is 108 Å². The molecular weight excluding hydrogens is 464 g/mol. The van der Waals surface area contributed by atoms with Gasteiger partial charge in [-0.2, -0.15) is 0 Å². The molecule has 4 rings (SSSR count). The van der Waals surface area contributed by atoms with E-state index in [-0.39, 0.29) is 17.6 Å². The molecule has 1 heterocycles. The highest BCUT2D eigenvalue weighted by molar-refractivity contribution is 6.74. The van der Waals surface area contributed by atoms with Gasteiger partial charge in [-0.05, 0) is 34.8 Å². The number of likely N-dealkylation sites (tertiary alicyclic amines) is 1. The number of hydrogen-bond acceptors (Lipinski definition) is 3. The zero-order valence-corrected chi connectivity index (χ0v) is 22.8. The molecule has 0 unspecified atom stereocenters. The van der Waals surface area contributed by atoms with Gasteiger partial charge in [0.25, 0.3) is 0 Å². The number of benzene rings is 3. The molecule has 2 amide bonds. The Balaban J connectivity index is 1.93. The van der Waals surface area contributed by atoms with E-state index in [2.05, 4.69) is 33.9 Å². The number of β-lactam (4-membered cyclic amide) rings is 1. The fourth-order valence-electron chi connectivity index (χ4n) is 4.91. The molecule has 36 heavy (non-hydrogen) atoms. The van der Waals surface area contributed by atoms with Gasteiger partial charge in [-0.25, -0.2) is 0 Å². The number of carbonyl (C=O) groups excluding carboxylic acids is 2. The SMILES string of the molecule is CC(C)(C)[Si](C)(C)OC[C@H]1[C@H](C(N)=O)C(=O)N1C(c1ccccc1)(c1ccccc1)c1ccccc1. The Morgan fingerprint density at radius 1 is 0.833 bits per heavy atom. The number of primary amides is 1. The van der Waals surface area contributed by atoms with E-state index in [4.69, 9.17) is 10.2 Å². The first-order chi connectivity index (χ1) is 17.0. The van der Waals surface area contributed by atoms with Crippen molar-refractivity contribution < 1.29 is 14.0 Å². The van der Waals surface area contributed by atoms with Gasteiger partial charge < -0.3 is 15.1 Å². The third kappa shape index (κ3) is 4.29. The van der Waals surface area contributed by atoms with Gasteiger partial charge in [0.05, 0.1) is 12.6 Å². The van der Waals surface area contributed by atoms with E-state index in [1.807, 2.05) is 95.9 Å². The van der Waals surface area contributed by atoms with E-state index in [0.717, 1.165) is 16.7 Å². The molecule has 0 bridgehead atoms. The van der Waals surface area contributed by atoms with Crippen LogP contribution in [0.4, 0.5) is 0 Å². The van der Waals surface area contributed by atoms with Crippen molar-refractivity contribution in [1.82, 2.24) is 4.90 Å². The zero-order valence-electron chi connectivity index (χ0n) is 21.8. The average Bonchev–Trinajstić information content (AvgIpc) is 2.85. The molecule has 0 aromatic heterocycles. The van der Waals surface area contributed by atoms with Crippen LogP contribution in [-0.2, 0) is 19.6 Å². The molecule has 0 radical (unpaired) electrons. The molecule has 2 atom stereocenters. The summed E-state index contributed by atoms with van der Waals surface area (Å²) >= 11 is 0. The third-order valence-electron chi connectivity index (χ3n) is 7.88. The van der Waals surface area contributed by atoms with Crippen molar-refractivity contribution >= 4 is 20.1 Å².